The van der Waals surface area contributed by atoms with Crippen LogP contribution in [0.5, 0.6) is 0 Å². The van der Waals surface area contributed by atoms with Crippen molar-refractivity contribution >= 4 is 55.5 Å². The molecule has 0 aromatic carbocycles. The first-order valence-corrected chi connectivity index (χ1v) is 13.0. The maximum atomic E-state index is 12.6. The third-order valence-electron chi connectivity index (χ3n) is 4.16. The number of rotatable bonds is 8. The Morgan fingerprint density at radius 3 is 3.04 bits per heavy atom. The van der Waals surface area contributed by atoms with Crippen molar-refractivity contribution in [1.82, 2.24) is 14.5 Å². The van der Waals surface area contributed by atoms with Gasteiger partial charge < -0.3 is 5.32 Å². The molecule has 0 bridgehead atoms. The Kier molecular flexibility index (Phi) is 7.26. The molecule has 1 amide bonds. The van der Waals surface area contributed by atoms with Crippen LogP contribution in [0.4, 0.5) is 5.13 Å². The number of hydrogen-bond donors (Lipinski definition) is 1. The van der Waals surface area contributed by atoms with Crippen molar-refractivity contribution in [3.63, 3.8) is 0 Å². The number of carbonyl (C=O) groups excluding carboxylic acids is 1. The number of hydrogen-bond acceptors (Lipinski definition) is 8. The van der Waals surface area contributed by atoms with E-state index in [1.54, 1.807) is 23.1 Å². The fourth-order valence-electron chi connectivity index (χ4n) is 2.85. The van der Waals surface area contributed by atoms with E-state index in [0.717, 1.165) is 10.1 Å². The maximum absolute atomic E-state index is 12.6. The molecule has 0 radical (unpaired) electrons. The topological polar surface area (TPSA) is 92.3 Å². The fraction of sp³-hybridized carbons (Fsp3) is 0.562. The average molecular weight is 447 g/mol. The van der Waals surface area contributed by atoms with Crippen LogP contribution in [0.25, 0.3) is 0 Å². The number of amides is 1. The van der Waals surface area contributed by atoms with Gasteiger partial charge in [0.05, 0.1) is 11.7 Å². The van der Waals surface area contributed by atoms with Crippen molar-refractivity contribution in [2.24, 2.45) is 5.92 Å². The summed E-state index contributed by atoms with van der Waals surface area (Å²) < 4.78 is 26.8. The number of nitrogens with zero attached hydrogens (tertiary/aromatic N) is 3. The maximum Gasteiger partial charge on any atom is 0.230 e. The molecule has 0 aliphatic carbocycles. The molecule has 2 aromatic rings. The molecule has 1 fully saturated rings. The van der Waals surface area contributed by atoms with Crippen LogP contribution in [0.2, 0.25) is 0 Å². The fourth-order valence-corrected chi connectivity index (χ4v) is 6.97. The molecule has 0 saturated carbocycles. The number of thiophene rings is 1. The first-order valence-electron chi connectivity index (χ1n) is 8.75. The van der Waals surface area contributed by atoms with Crippen LogP contribution in [0.3, 0.4) is 0 Å². The van der Waals surface area contributed by atoms with Crippen molar-refractivity contribution in [2.45, 2.75) is 36.3 Å². The number of piperidine rings is 1. The van der Waals surface area contributed by atoms with E-state index in [-0.39, 0.29) is 24.1 Å². The third kappa shape index (κ3) is 5.74. The number of anilines is 1. The lowest BCUT2D eigenvalue weighted by Crippen LogP contribution is -2.44. The van der Waals surface area contributed by atoms with E-state index in [1.165, 1.54) is 20.5 Å². The molecule has 1 N–H and O–H groups in total. The van der Waals surface area contributed by atoms with Gasteiger partial charge in [0.25, 0.3) is 0 Å². The molecule has 1 aliphatic rings. The molecule has 3 rings (SSSR count). The first-order chi connectivity index (χ1) is 13.0. The third-order valence-corrected chi connectivity index (χ3v) is 9.29. The average Bonchev–Trinajstić information content (AvgIpc) is 3.32. The van der Waals surface area contributed by atoms with Gasteiger partial charge in [-0.15, -0.1) is 21.5 Å². The zero-order valence-electron chi connectivity index (χ0n) is 15.0. The monoisotopic (exact) mass is 446 g/mol. The highest BCUT2D eigenvalue weighted by Gasteiger charge is 2.32. The van der Waals surface area contributed by atoms with E-state index in [1.807, 2.05) is 18.4 Å². The number of aromatic nitrogens is 2. The van der Waals surface area contributed by atoms with Crippen LogP contribution in [0.15, 0.2) is 21.9 Å². The van der Waals surface area contributed by atoms with Gasteiger partial charge in [0, 0.05) is 23.7 Å². The predicted molar refractivity (Wildman–Crippen MR) is 111 cm³/mol. The number of carbonyl (C=O) groups is 1. The van der Waals surface area contributed by atoms with E-state index in [0.29, 0.717) is 30.9 Å². The molecule has 11 heteroatoms. The van der Waals surface area contributed by atoms with Crippen LogP contribution >= 0.6 is 34.4 Å². The van der Waals surface area contributed by atoms with Crippen LogP contribution in [-0.2, 0) is 20.6 Å². The standard InChI is InChI=1S/C16H22N4O3S4/c1-2-9-27(22,23)20-7-3-5-12(10-20)14(21)17-15-18-19-16(26-15)25-11-13-6-4-8-24-13/h4,6,8,12H,2-3,5,7,9-11H2,1H3,(H,17,18,21). The molecule has 0 spiro atoms. The van der Waals surface area contributed by atoms with Gasteiger partial charge in [0.2, 0.25) is 21.1 Å². The molecule has 1 atom stereocenters. The first kappa shape index (κ1) is 20.7. The summed E-state index contributed by atoms with van der Waals surface area (Å²) in [5, 5.41) is 13.4. The van der Waals surface area contributed by atoms with E-state index in [9.17, 15) is 13.2 Å². The molecule has 7 nitrogen and oxygen atoms in total. The van der Waals surface area contributed by atoms with Crippen LogP contribution in [0, 0.1) is 5.92 Å². The zero-order chi connectivity index (χ0) is 19.3. The van der Waals surface area contributed by atoms with Gasteiger partial charge in [0.15, 0.2) is 4.34 Å². The lowest BCUT2D eigenvalue weighted by Gasteiger charge is -2.30. The quantitative estimate of drug-likeness (QED) is 0.494. The van der Waals surface area contributed by atoms with Crippen molar-refractivity contribution in [3.8, 4) is 0 Å². The van der Waals surface area contributed by atoms with Crippen molar-refractivity contribution < 1.29 is 13.2 Å². The lowest BCUT2D eigenvalue weighted by atomic mass is 9.99. The van der Waals surface area contributed by atoms with Gasteiger partial charge in [0.1, 0.15) is 0 Å². The minimum absolute atomic E-state index is 0.128. The van der Waals surface area contributed by atoms with Crippen LogP contribution < -0.4 is 5.32 Å². The van der Waals surface area contributed by atoms with Gasteiger partial charge in [-0.1, -0.05) is 36.1 Å². The van der Waals surface area contributed by atoms with Crippen LogP contribution in [-0.4, -0.2) is 47.7 Å². The summed E-state index contributed by atoms with van der Waals surface area (Å²) in [6.07, 6.45) is 1.95. The lowest BCUT2D eigenvalue weighted by molar-refractivity contribution is -0.120. The number of sulfonamides is 1. The van der Waals surface area contributed by atoms with E-state index < -0.39 is 10.0 Å². The summed E-state index contributed by atoms with van der Waals surface area (Å²) in [5.74, 6) is 0.421. The minimum atomic E-state index is -3.27. The molecular formula is C16H22N4O3S4. The smallest absolute Gasteiger partial charge is 0.230 e. The summed E-state index contributed by atoms with van der Waals surface area (Å²) >= 11 is 4.63. The molecule has 1 saturated heterocycles. The Balaban J connectivity index is 1.54. The van der Waals surface area contributed by atoms with Crippen molar-refractivity contribution in [1.29, 1.82) is 0 Å². The van der Waals surface area contributed by atoms with E-state index in [2.05, 4.69) is 21.6 Å². The van der Waals surface area contributed by atoms with Gasteiger partial charge in [-0.05, 0) is 30.7 Å². The summed E-state index contributed by atoms with van der Waals surface area (Å²) in [4.78, 5) is 13.8. The van der Waals surface area contributed by atoms with Gasteiger partial charge >= 0.3 is 0 Å². The molecule has 27 heavy (non-hydrogen) atoms. The molecule has 1 unspecified atom stereocenters. The second-order valence-corrected chi connectivity index (χ2v) is 11.6. The van der Waals surface area contributed by atoms with E-state index >= 15 is 0 Å². The largest absolute Gasteiger partial charge is 0.300 e. The highest BCUT2D eigenvalue weighted by Crippen LogP contribution is 2.30. The summed E-state index contributed by atoms with van der Waals surface area (Å²) in [7, 11) is -3.27. The molecular weight excluding hydrogens is 424 g/mol. The second kappa shape index (κ2) is 9.46. The Morgan fingerprint density at radius 1 is 1.44 bits per heavy atom. The summed E-state index contributed by atoms with van der Waals surface area (Å²) in [6.45, 7) is 2.58. The summed E-state index contributed by atoms with van der Waals surface area (Å²) in [6, 6.07) is 4.09. The SMILES string of the molecule is CCCS(=O)(=O)N1CCCC(C(=O)Nc2nnc(SCc3cccs3)s2)C1. The highest BCUT2D eigenvalue weighted by molar-refractivity contribution is 8.00. The van der Waals surface area contributed by atoms with Gasteiger partial charge in [-0.3, -0.25) is 4.79 Å². The Morgan fingerprint density at radius 2 is 2.30 bits per heavy atom. The van der Waals surface area contributed by atoms with E-state index in [4.69, 9.17) is 0 Å². The predicted octanol–water partition coefficient (Wildman–Crippen LogP) is 3.28. The normalized spacial score (nSPS) is 18.5. The zero-order valence-corrected chi connectivity index (χ0v) is 18.2. The number of thioether (sulfide) groups is 1. The van der Waals surface area contributed by atoms with Crippen molar-refractivity contribution in [2.75, 3.05) is 24.2 Å². The number of nitrogens with one attached hydrogen (secondary N) is 1. The van der Waals surface area contributed by atoms with Gasteiger partial charge in [-0.2, -0.15) is 0 Å². The Bertz CT molecular complexity index is 851. The van der Waals surface area contributed by atoms with Gasteiger partial charge in [-0.25, -0.2) is 12.7 Å². The summed E-state index contributed by atoms with van der Waals surface area (Å²) in [5.41, 5.74) is 0. The van der Waals surface area contributed by atoms with Crippen molar-refractivity contribution in [3.05, 3.63) is 22.4 Å². The molecule has 2 aromatic heterocycles. The molecule has 1 aliphatic heterocycles. The highest BCUT2D eigenvalue weighted by atomic mass is 32.2. The second-order valence-electron chi connectivity index (χ2n) is 6.24. The van der Waals surface area contributed by atoms with Crippen LogP contribution in [0.1, 0.15) is 31.1 Å². The minimum Gasteiger partial charge on any atom is -0.300 e. The molecule has 3 heterocycles. The molecule has 148 valence electrons. The Hall–Kier alpha value is -1.01. The Labute approximate surface area is 171 Å².